The van der Waals surface area contributed by atoms with Crippen molar-refractivity contribution < 1.29 is 14.3 Å². The van der Waals surface area contributed by atoms with Gasteiger partial charge < -0.3 is 15.0 Å². The lowest BCUT2D eigenvalue weighted by atomic mass is 9.96. The minimum Gasteiger partial charge on any atom is -0.482 e. The number of hydrogen-bond donors (Lipinski definition) is 1. The number of piperidine rings is 1. The van der Waals surface area contributed by atoms with Crippen molar-refractivity contribution in [1.29, 1.82) is 0 Å². The Morgan fingerprint density at radius 2 is 2.00 bits per heavy atom. The van der Waals surface area contributed by atoms with Crippen LogP contribution in [0.5, 0.6) is 5.75 Å². The van der Waals surface area contributed by atoms with Crippen LogP contribution in [0, 0.1) is 5.92 Å². The summed E-state index contributed by atoms with van der Waals surface area (Å²) < 4.78 is 5.52. The lowest BCUT2D eigenvalue weighted by molar-refractivity contribution is -0.134. The fourth-order valence-electron chi connectivity index (χ4n) is 3.05. The van der Waals surface area contributed by atoms with Gasteiger partial charge in [-0.1, -0.05) is 23.2 Å². The summed E-state index contributed by atoms with van der Waals surface area (Å²) in [6.07, 6.45) is 4.85. The molecule has 8 heteroatoms. The van der Waals surface area contributed by atoms with Crippen molar-refractivity contribution in [3.05, 3.63) is 58.3 Å². The second-order valence-electron chi connectivity index (χ2n) is 6.64. The van der Waals surface area contributed by atoms with Crippen LogP contribution >= 0.6 is 23.2 Å². The van der Waals surface area contributed by atoms with E-state index in [0.717, 1.165) is 12.8 Å². The average Bonchev–Trinajstić information content (AvgIpc) is 2.72. The molecule has 2 aromatic rings. The van der Waals surface area contributed by atoms with Crippen LogP contribution in [-0.2, 0) is 4.79 Å². The molecular weight excluding hydrogens is 401 g/mol. The number of benzene rings is 1. The Labute approximate surface area is 173 Å². The highest BCUT2D eigenvalue weighted by Crippen LogP contribution is 2.27. The molecule has 0 saturated carbocycles. The molecule has 0 atom stereocenters. The zero-order chi connectivity index (χ0) is 19.9. The van der Waals surface area contributed by atoms with Gasteiger partial charge in [0.05, 0.1) is 10.6 Å². The lowest BCUT2D eigenvalue weighted by Crippen LogP contribution is -2.43. The highest BCUT2D eigenvalue weighted by Gasteiger charge is 2.23. The molecule has 2 amide bonds. The molecule has 1 saturated heterocycles. The van der Waals surface area contributed by atoms with Gasteiger partial charge in [-0.05, 0) is 49.1 Å². The molecule has 0 bridgehead atoms. The first-order chi connectivity index (χ1) is 13.5. The Kier molecular flexibility index (Phi) is 7.12. The van der Waals surface area contributed by atoms with Gasteiger partial charge in [-0.2, -0.15) is 0 Å². The van der Waals surface area contributed by atoms with Gasteiger partial charge in [0.25, 0.3) is 11.8 Å². The molecule has 0 spiro atoms. The van der Waals surface area contributed by atoms with E-state index in [1.54, 1.807) is 47.6 Å². The smallest absolute Gasteiger partial charge is 0.260 e. The van der Waals surface area contributed by atoms with Gasteiger partial charge in [-0.15, -0.1) is 0 Å². The van der Waals surface area contributed by atoms with E-state index < -0.39 is 0 Å². The first kappa shape index (κ1) is 20.4. The zero-order valence-corrected chi connectivity index (χ0v) is 16.7. The Balaban J connectivity index is 1.39. The maximum Gasteiger partial charge on any atom is 0.260 e. The minimum absolute atomic E-state index is 0.0657. The molecule has 1 aromatic carbocycles. The van der Waals surface area contributed by atoms with Crippen molar-refractivity contribution >= 4 is 35.0 Å². The van der Waals surface area contributed by atoms with E-state index >= 15 is 0 Å². The van der Waals surface area contributed by atoms with Crippen LogP contribution in [0.25, 0.3) is 0 Å². The molecule has 3 rings (SSSR count). The van der Waals surface area contributed by atoms with Gasteiger partial charge in [-0.25, -0.2) is 0 Å². The molecule has 1 aromatic heterocycles. The molecule has 148 valence electrons. The Bertz CT molecular complexity index is 825. The van der Waals surface area contributed by atoms with Gasteiger partial charge >= 0.3 is 0 Å². The van der Waals surface area contributed by atoms with Crippen LogP contribution in [0.3, 0.4) is 0 Å². The predicted octanol–water partition coefficient (Wildman–Crippen LogP) is 3.44. The van der Waals surface area contributed by atoms with Crippen LogP contribution in [0.4, 0.5) is 0 Å². The number of aromatic nitrogens is 1. The van der Waals surface area contributed by atoms with E-state index in [4.69, 9.17) is 27.9 Å². The summed E-state index contributed by atoms with van der Waals surface area (Å²) in [5.41, 5.74) is 0.549. The summed E-state index contributed by atoms with van der Waals surface area (Å²) >= 11 is 11.9. The standard InChI is InChI=1S/C20H21Cl2N3O3/c21-16-3-4-18(17(22)10-16)28-13-19(26)25-8-5-14(6-9-25)11-24-20(27)15-2-1-7-23-12-15/h1-4,7,10,12,14H,5-6,8-9,11,13H2,(H,24,27). The summed E-state index contributed by atoms with van der Waals surface area (Å²) in [5, 5.41) is 3.83. The van der Waals surface area contributed by atoms with E-state index in [1.165, 1.54) is 0 Å². The Morgan fingerprint density at radius 3 is 2.68 bits per heavy atom. The number of halogens is 2. The molecule has 1 aliphatic rings. The number of ether oxygens (including phenoxy) is 1. The van der Waals surface area contributed by atoms with E-state index in [-0.39, 0.29) is 18.4 Å². The number of nitrogens with zero attached hydrogens (tertiary/aromatic N) is 2. The normalized spacial score (nSPS) is 14.6. The Morgan fingerprint density at radius 1 is 1.21 bits per heavy atom. The SMILES string of the molecule is O=C(NCC1CCN(C(=O)COc2ccc(Cl)cc2Cl)CC1)c1cccnc1. The minimum atomic E-state index is -0.125. The van der Waals surface area contributed by atoms with Crippen LogP contribution < -0.4 is 10.1 Å². The quantitative estimate of drug-likeness (QED) is 0.775. The van der Waals surface area contributed by atoms with Crippen molar-refractivity contribution in [3.8, 4) is 5.75 Å². The molecule has 1 fully saturated rings. The van der Waals surface area contributed by atoms with Crippen molar-refractivity contribution in [2.24, 2.45) is 5.92 Å². The molecule has 0 unspecified atom stereocenters. The topological polar surface area (TPSA) is 71.5 Å². The fourth-order valence-corrected chi connectivity index (χ4v) is 3.51. The molecule has 0 radical (unpaired) electrons. The number of likely N-dealkylation sites (tertiary alicyclic amines) is 1. The van der Waals surface area contributed by atoms with Crippen LogP contribution in [-0.4, -0.2) is 47.9 Å². The van der Waals surface area contributed by atoms with Crippen molar-refractivity contribution in [2.75, 3.05) is 26.2 Å². The average molecular weight is 422 g/mol. The molecular formula is C20H21Cl2N3O3. The van der Waals surface area contributed by atoms with Crippen molar-refractivity contribution in [2.45, 2.75) is 12.8 Å². The first-order valence-electron chi connectivity index (χ1n) is 9.07. The van der Waals surface area contributed by atoms with E-state index in [0.29, 0.717) is 46.9 Å². The molecule has 28 heavy (non-hydrogen) atoms. The summed E-state index contributed by atoms with van der Waals surface area (Å²) in [5.74, 6) is 0.576. The summed E-state index contributed by atoms with van der Waals surface area (Å²) in [4.78, 5) is 30.2. The third-order valence-electron chi connectivity index (χ3n) is 4.69. The highest BCUT2D eigenvalue weighted by molar-refractivity contribution is 6.35. The van der Waals surface area contributed by atoms with Crippen molar-refractivity contribution in [1.82, 2.24) is 15.2 Å². The molecule has 1 aliphatic heterocycles. The number of hydrogen-bond acceptors (Lipinski definition) is 4. The summed E-state index contributed by atoms with van der Waals surface area (Å²) in [6.45, 7) is 1.81. The number of carbonyl (C=O) groups excluding carboxylic acids is 2. The highest BCUT2D eigenvalue weighted by atomic mass is 35.5. The van der Waals surface area contributed by atoms with Gasteiger partial charge in [-0.3, -0.25) is 14.6 Å². The van der Waals surface area contributed by atoms with Crippen molar-refractivity contribution in [3.63, 3.8) is 0 Å². The number of carbonyl (C=O) groups is 2. The molecule has 0 aliphatic carbocycles. The zero-order valence-electron chi connectivity index (χ0n) is 15.2. The monoisotopic (exact) mass is 421 g/mol. The van der Waals surface area contributed by atoms with Gasteiger partial charge in [0.2, 0.25) is 0 Å². The van der Waals surface area contributed by atoms with E-state index in [1.807, 2.05) is 0 Å². The van der Waals surface area contributed by atoms with Gasteiger partial charge in [0, 0.05) is 37.1 Å². The molecule has 2 heterocycles. The maximum absolute atomic E-state index is 12.4. The second kappa shape index (κ2) is 9.75. The first-order valence-corrected chi connectivity index (χ1v) is 9.82. The number of rotatable bonds is 6. The summed E-state index contributed by atoms with van der Waals surface area (Å²) in [7, 11) is 0. The van der Waals surface area contributed by atoms with Crippen LogP contribution in [0.2, 0.25) is 10.0 Å². The van der Waals surface area contributed by atoms with Gasteiger partial charge in [0.15, 0.2) is 6.61 Å². The number of nitrogens with one attached hydrogen (secondary N) is 1. The molecule has 6 nitrogen and oxygen atoms in total. The number of amides is 2. The maximum atomic E-state index is 12.4. The molecule has 1 N–H and O–H groups in total. The van der Waals surface area contributed by atoms with Crippen LogP contribution in [0.15, 0.2) is 42.7 Å². The van der Waals surface area contributed by atoms with Gasteiger partial charge in [0.1, 0.15) is 5.75 Å². The van der Waals surface area contributed by atoms with Crippen LogP contribution in [0.1, 0.15) is 23.2 Å². The third-order valence-corrected chi connectivity index (χ3v) is 5.22. The fraction of sp³-hybridized carbons (Fsp3) is 0.350. The number of pyridine rings is 1. The largest absolute Gasteiger partial charge is 0.482 e. The lowest BCUT2D eigenvalue weighted by Gasteiger charge is -2.32. The van der Waals surface area contributed by atoms with E-state index in [9.17, 15) is 9.59 Å². The third kappa shape index (κ3) is 5.59. The second-order valence-corrected chi connectivity index (χ2v) is 7.48. The predicted molar refractivity (Wildman–Crippen MR) is 108 cm³/mol. The Hall–Kier alpha value is -2.31. The van der Waals surface area contributed by atoms with E-state index in [2.05, 4.69) is 10.3 Å². The summed E-state index contributed by atoms with van der Waals surface area (Å²) in [6, 6.07) is 8.36.